The fraction of sp³-hybridized carbons (Fsp3) is 0.500. The van der Waals surface area contributed by atoms with E-state index in [1.807, 2.05) is 13.8 Å². The number of aromatic amines is 1. The molecular formula is C20H25N3O3. The van der Waals surface area contributed by atoms with Crippen LogP contribution in [0.5, 0.6) is 11.5 Å². The van der Waals surface area contributed by atoms with Crippen LogP contribution in [0.2, 0.25) is 0 Å². The van der Waals surface area contributed by atoms with E-state index in [9.17, 15) is 4.79 Å². The van der Waals surface area contributed by atoms with E-state index in [-0.39, 0.29) is 11.5 Å². The summed E-state index contributed by atoms with van der Waals surface area (Å²) in [6.45, 7) is 8.97. The van der Waals surface area contributed by atoms with Crippen LogP contribution in [-0.4, -0.2) is 34.8 Å². The first-order chi connectivity index (χ1) is 12.5. The molecule has 1 atom stereocenters. The smallest absolute Gasteiger partial charge is 0.254 e. The number of fused-ring (bicyclic) bond motifs is 1. The van der Waals surface area contributed by atoms with Gasteiger partial charge in [0, 0.05) is 30.3 Å². The van der Waals surface area contributed by atoms with Crippen LogP contribution in [0.4, 0.5) is 0 Å². The topological polar surface area (TPSA) is 67.5 Å². The second kappa shape index (κ2) is 6.76. The van der Waals surface area contributed by atoms with Gasteiger partial charge in [-0.25, -0.2) is 4.98 Å². The van der Waals surface area contributed by atoms with Crippen LogP contribution >= 0.6 is 0 Å². The molecule has 1 N–H and O–H groups in total. The van der Waals surface area contributed by atoms with E-state index < -0.39 is 0 Å². The summed E-state index contributed by atoms with van der Waals surface area (Å²) in [5.74, 6) is 2.76. The molecule has 0 aliphatic carbocycles. The number of aromatic nitrogens is 2. The number of rotatable bonds is 3. The summed E-state index contributed by atoms with van der Waals surface area (Å²) < 4.78 is 11.0. The van der Waals surface area contributed by atoms with E-state index in [0.717, 1.165) is 55.5 Å². The Kier molecular flexibility index (Phi) is 4.44. The van der Waals surface area contributed by atoms with E-state index in [4.69, 9.17) is 9.47 Å². The summed E-state index contributed by atoms with van der Waals surface area (Å²) in [6, 6.07) is 4.15. The Hall–Kier alpha value is -2.34. The van der Waals surface area contributed by atoms with Crippen LogP contribution in [0.25, 0.3) is 0 Å². The molecule has 2 aliphatic rings. The highest BCUT2D eigenvalue weighted by Gasteiger charge is 2.25. The Morgan fingerprint density at radius 2 is 2.00 bits per heavy atom. The zero-order valence-electron chi connectivity index (χ0n) is 15.6. The minimum atomic E-state index is -0.0174. The third-order valence-corrected chi connectivity index (χ3v) is 5.53. The molecule has 26 heavy (non-hydrogen) atoms. The highest BCUT2D eigenvalue weighted by molar-refractivity contribution is 5.48. The van der Waals surface area contributed by atoms with Crippen LogP contribution in [0.15, 0.2) is 16.9 Å². The molecule has 0 radical (unpaired) electrons. The zero-order chi connectivity index (χ0) is 18.3. The lowest BCUT2D eigenvalue weighted by Gasteiger charge is -2.32. The molecule has 1 saturated heterocycles. The van der Waals surface area contributed by atoms with Gasteiger partial charge in [0.05, 0.1) is 0 Å². The van der Waals surface area contributed by atoms with E-state index in [2.05, 4.69) is 33.9 Å². The van der Waals surface area contributed by atoms with E-state index in [0.29, 0.717) is 12.4 Å². The van der Waals surface area contributed by atoms with Crippen LogP contribution < -0.4 is 15.0 Å². The summed E-state index contributed by atoms with van der Waals surface area (Å²) in [7, 11) is 0. The van der Waals surface area contributed by atoms with Crippen molar-refractivity contribution in [1.29, 1.82) is 0 Å². The van der Waals surface area contributed by atoms with Gasteiger partial charge in [-0.3, -0.25) is 9.69 Å². The molecule has 1 aromatic heterocycles. The van der Waals surface area contributed by atoms with Gasteiger partial charge in [-0.1, -0.05) is 0 Å². The Labute approximate surface area is 153 Å². The maximum atomic E-state index is 12.1. The van der Waals surface area contributed by atoms with Gasteiger partial charge in [0.1, 0.15) is 5.82 Å². The molecule has 0 spiro atoms. The van der Waals surface area contributed by atoms with Crippen molar-refractivity contribution < 1.29 is 9.47 Å². The van der Waals surface area contributed by atoms with Crippen molar-refractivity contribution in [3.8, 4) is 11.5 Å². The first-order valence-electron chi connectivity index (χ1n) is 9.20. The molecule has 6 heteroatoms. The van der Waals surface area contributed by atoms with Gasteiger partial charge in [-0.05, 0) is 63.4 Å². The highest BCUT2D eigenvalue weighted by Crippen LogP contribution is 2.35. The predicted octanol–water partition coefficient (Wildman–Crippen LogP) is 2.80. The van der Waals surface area contributed by atoms with Gasteiger partial charge >= 0.3 is 0 Å². The van der Waals surface area contributed by atoms with Gasteiger partial charge in [-0.15, -0.1) is 0 Å². The lowest BCUT2D eigenvalue weighted by Crippen LogP contribution is -2.35. The summed E-state index contributed by atoms with van der Waals surface area (Å²) in [4.78, 5) is 22.2. The number of piperidine rings is 1. The summed E-state index contributed by atoms with van der Waals surface area (Å²) in [5.41, 5.74) is 3.99. The zero-order valence-corrected chi connectivity index (χ0v) is 15.6. The lowest BCUT2D eigenvalue weighted by molar-refractivity contribution is 0.173. The van der Waals surface area contributed by atoms with Gasteiger partial charge in [0.2, 0.25) is 6.79 Å². The molecular weight excluding hydrogens is 330 g/mol. The molecule has 0 bridgehead atoms. The molecule has 0 saturated carbocycles. The number of hydrogen-bond acceptors (Lipinski definition) is 5. The van der Waals surface area contributed by atoms with Gasteiger partial charge < -0.3 is 14.5 Å². The number of hydrogen-bond donors (Lipinski definition) is 1. The lowest BCUT2D eigenvalue weighted by atomic mass is 9.96. The molecule has 2 aromatic rings. The van der Waals surface area contributed by atoms with Crippen LogP contribution in [0.3, 0.4) is 0 Å². The number of ether oxygens (including phenoxy) is 2. The number of likely N-dealkylation sites (tertiary alicyclic amines) is 1. The first-order valence-corrected chi connectivity index (χ1v) is 9.20. The monoisotopic (exact) mass is 355 g/mol. The fourth-order valence-corrected chi connectivity index (χ4v) is 3.78. The first kappa shape index (κ1) is 17.1. The molecule has 1 aromatic carbocycles. The predicted molar refractivity (Wildman–Crippen MR) is 98.9 cm³/mol. The third-order valence-electron chi connectivity index (χ3n) is 5.53. The van der Waals surface area contributed by atoms with E-state index in [1.165, 1.54) is 11.1 Å². The molecule has 138 valence electrons. The SMILES string of the molecule is Cc1cc2c(cc1CN1CCCC(c3nc(C)c(C)c(=O)[nH]3)C1)OCO2. The molecule has 6 nitrogen and oxygen atoms in total. The van der Waals surface area contributed by atoms with Crippen LogP contribution in [0, 0.1) is 20.8 Å². The minimum absolute atomic E-state index is 0.0174. The Morgan fingerprint density at radius 3 is 2.77 bits per heavy atom. The standard InChI is InChI=1S/C20H25N3O3/c1-12-7-17-18(26-11-25-17)8-16(12)10-23-6-4-5-15(9-23)19-21-14(3)13(2)20(24)22-19/h7-8,15H,4-6,9-11H2,1-3H3,(H,21,22,24). The quantitative estimate of drug-likeness (QED) is 0.917. The van der Waals surface area contributed by atoms with Crippen molar-refractivity contribution in [2.24, 2.45) is 0 Å². The Morgan fingerprint density at radius 1 is 1.23 bits per heavy atom. The third kappa shape index (κ3) is 3.21. The van der Waals surface area contributed by atoms with E-state index in [1.54, 1.807) is 0 Å². The molecule has 4 rings (SSSR count). The number of benzene rings is 1. The highest BCUT2D eigenvalue weighted by atomic mass is 16.7. The number of aryl methyl sites for hydroxylation is 2. The Bertz CT molecular complexity index is 891. The summed E-state index contributed by atoms with van der Waals surface area (Å²) in [5, 5.41) is 0. The largest absolute Gasteiger partial charge is 0.454 e. The Balaban J connectivity index is 1.52. The molecule has 0 amide bonds. The van der Waals surface area contributed by atoms with Gasteiger partial charge in [0.15, 0.2) is 11.5 Å². The van der Waals surface area contributed by atoms with Gasteiger partial charge in [-0.2, -0.15) is 0 Å². The van der Waals surface area contributed by atoms with Crippen molar-refractivity contribution in [3.05, 3.63) is 50.7 Å². The van der Waals surface area contributed by atoms with Crippen molar-refractivity contribution in [2.45, 2.75) is 46.1 Å². The second-order valence-corrected chi connectivity index (χ2v) is 7.37. The molecule has 2 aliphatic heterocycles. The molecule has 3 heterocycles. The maximum Gasteiger partial charge on any atom is 0.254 e. The van der Waals surface area contributed by atoms with Crippen molar-refractivity contribution >= 4 is 0 Å². The average molecular weight is 355 g/mol. The van der Waals surface area contributed by atoms with Crippen LogP contribution in [0.1, 0.15) is 47.0 Å². The molecule has 1 fully saturated rings. The number of nitrogens with zero attached hydrogens (tertiary/aromatic N) is 2. The average Bonchev–Trinajstić information content (AvgIpc) is 3.07. The molecule has 1 unspecified atom stereocenters. The summed E-state index contributed by atoms with van der Waals surface area (Å²) in [6.07, 6.45) is 2.16. The van der Waals surface area contributed by atoms with Crippen molar-refractivity contribution in [2.75, 3.05) is 19.9 Å². The number of H-pyrrole nitrogens is 1. The van der Waals surface area contributed by atoms with Crippen LogP contribution in [-0.2, 0) is 6.54 Å². The van der Waals surface area contributed by atoms with Crippen molar-refractivity contribution in [1.82, 2.24) is 14.9 Å². The van der Waals surface area contributed by atoms with Gasteiger partial charge in [0.25, 0.3) is 5.56 Å². The second-order valence-electron chi connectivity index (χ2n) is 7.37. The normalized spacial score (nSPS) is 19.7. The summed E-state index contributed by atoms with van der Waals surface area (Å²) >= 11 is 0. The number of nitrogens with one attached hydrogen (secondary N) is 1. The minimum Gasteiger partial charge on any atom is -0.454 e. The fourth-order valence-electron chi connectivity index (χ4n) is 3.78. The van der Waals surface area contributed by atoms with E-state index >= 15 is 0 Å². The van der Waals surface area contributed by atoms with Crippen molar-refractivity contribution in [3.63, 3.8) is 0 Å². The maximum absolute atomic E-state index is 12.1.